The lowest BCUT2D eigenvalue weighted by Crippen LogP contribution is -2.41. The minimum Gasteiger partial charge on any atom is -0.352 e. The zero-order valence-corrected chi connectivity index (χ0v) is 6.68. The van der Waals surface area contributed by atoms with Crippen LogP contribution in [0, 0.1) is 0 Å². The van der Waals surface area contributed by atoms with Gasteiger partial charge in [0.25, 0.3) is 0 Å². The first-order valence-corrected chi connectivity index (χ1v) is 3.35. The number of nitrogens with two attached hydrogens (primary N) is 1. The maximum absolute atomic E-state index is 10.8. The van der Waals surface area contributed by atoms with E-state index in [4.69, 9.17) is 5.73 Å². The van der Waals surface area contributed by atoms with E-state index >= 15 is 0 Å². The molecule has 0 aromatic rings. The second kappa shape index (κ2) is 4.54. The fourth-order valence-corrected chi connectivity index (χ4v) is 0.540. The Bertz CT molecular complexity index is 156. The Hall–Kier alpha value is -1.26. The van der Waals surface area contributed by atoms with Gasteiger partial charge in [0.15, 0.2) is 0 Å². The third-order valence-electron chi connectivity index (χ3n) is 0.873. The van der Waals surface area contributed by atoms with Crippen molar-refractivity contribution >= 4 is 11.9 Å². The lowest BCUT2D eigenvalue weighted by molar-refractivity contribution is -0.120. The molecule has 0 aliphatic heterocycles. The Morgan fingerprint density at radius 3 is 2.36 bits per heavy atom. The van der Waals surface area contributed by atoms with Crippen LogP contribution in [0.4, 0.5) is 4.79 Å². The van der Waals surface area contributed by atoms with Gasteiger partial charge < -0.3 is 16.4 Å². The summed E-state index contributed by atoms with van der Waals surface area (Å²) in [4.78, 5) is 20.9. The average Bonchev–Trinajstić information content (AvgIpc) is 1.82. The summed E-state index contributed by atoms with van der Waals surface area (Å²) < 4.78 is 0. The summed E-state index contributed by atoms with van der Waals surface area (Å²) in [7, 11) is 0. The van der Waals surface area contributed by atoms with E-state index in [0.717, 1.165) is 0 Å². The Kier molecular flexibility index (Phi) is 4.02. The van der Waals surface area contributed by atoms with Crippen LogP contribution >= 0.6 is 0 Å². The zero-order chi connectivity index (χ0) is 8.85. The van der Waals surface area contributed by atoms with E-state index in [-0.39, 0.29) is 18.5 Å². The second-order valence-corrected chi connectivity index (χ2v) is 2.44. The van der Waals surface area contributed by atoms with Crippen LogP contribution in [-0.4, -0.2) is 24.5 Å². The molecule has 0 rings (SSSR count). The van der Waals surface area contributed by atoms with Crippen LogP contribution in [0.2, 0.25) is 0 Å². The summed E-state index contributed by atoms with van der Waals surface area (Å²) in [5.74, 6) is -0.237. The number of hydrogen-bond donors (Lipinski definition) is 3. The normalized spacial score (nSPS) is 9.36. The summed E-state index contributed by atoms with van der Waals surface area (Å²) in [5, 5.41) is 4.77. The van der Waals surface area contributed by atoms with Gasteiger partial charge in [0.2, 0.25) is 5.91 Å². The molecule has 0 aliphatic rings. The van der Waals surface area contributed by atoms with Crippen molar-refractivity contribution in [3.63, 3.8) is 0 Å². The number of nitrogens with one attached hydrogen (secondary N) is 2. The van der Waals surface area contributed by atoms with Crippen LogP contribution in [0.3, 0.4) is 0 Å². The van der Waals surface area contributed by atoms with Crippen LogP contribution in [0.5, 0.6) is 0 Å². The topological polar surface area (TPSA) is 84.2 Å². The number of carbonyl (C=O) groups is 2. The van der Waals surface area contributed by atoms with Crippen molar-refractivity contribution in [1.82, 2.24) is 10.6 Å². The molecule has 0 saturated carbocycles. The summed E-state index contributed by atoms with van der Waals surface area (Å²) in [6, 6.07) is -0.610. The summed E-state index contributed by atoms with van der Waals surface area (Å²) in [5.41, 5.74) is 4.74. The Labute approximate surface area is 65.3 Å². The van der Waals surface area contributed by atoms with Gasteiger partial charge in [-0.05, 0) is 13.8 Å². The maximum Gasteiger partial charge on any atom is 0.312 e. The first-order valence-electron chi connectivity index (χ1n) is 3.35. The largest absolute Gasteiger partial charge is 0.352 e. The van der Waals surface area contributed by atoms with E-state index in [9.17, 15) is 9.59 Å². The van der Waals surface area contributed by atoms with Crippen LogP contribution in [0.1, 0.15) is 13.8 Å². The highest BCUT2D eigenvalue weighted by molar-refractivity contribution is 5.83. The van der Waals surface area contributed by atoms with Gasteiger partial charge in [0.1, 0.15) is 0 Å². The third-order valence-corrected chi connectivity index (χ3v) is 0.873. The highest BCUT2D eigenvalue weighted by Crippen LogP contribution is 1.74. The second-order valence-electron chi connectivity index (χ2n) is 2.44. The average molecular weight is 159 g/mol. The summed E-state index contributed by atoms with van der Waals surface area (Å²) in [6.07, 6.45) is 0. The smallest absolute Gasteiger partial charge is 0.312 e. The minimum atomic E-state index is -0.691. The van der Waals surface area contributed by atoms with Gasteiger partial charge in [-0.1, -0.05) is 0 Å². The summed E-state index contributed by atoms with van der Waals surface area (Å²) >= 11 is 0. The minimum absolute atomic E-state index is 0.0620. The summed E-state index contributed by atoms with van der Waals surface area (Å²) in [6.45, 7) is 3.61. The molecule has 0 heterocycles. The zero-order valence-electron chi connectivity index (χ0n) is 6.68. The quantitative estimate of drug-likeness (QED) is 0.502. The molecule has 0 aliphatic carbocycles. The molecule has 0 fully saturated rings. The van der Waals surface area contributed by atoms with E-state index in [1.54, 1.807) is 0 Å². The molecule has 0 spiro atoms. The molecule has 5 heteroatoms. The third kappa shape index (κ3) is 6.63. The van der Waals surface area contributed by atoms with Crippen molar-refractivity contribution < 1.29 is 9.59 Å². The monoisotopic (exact) mass is 159 g/mol. The van der Waals surface area contributed by atoms with Gasteiger partial charge in [0, 0.05) is 6.04 Å². The molecule has 0 aromatic heterocycles. The molecule has 4 N–H and O–H groups in total. The molecular formula is C6H13N3O2. The van der Waals surface area contributed by atoms with E-state index in [2.05, 4.69) is 10.6 Å². The predicted octanol–water partition coefficient (Wildman–Crippen LogP) is -0.821. The van der Waals surface area contributed by atoms with Gasteiger partial charge >= 0.3 is 6.03 Å². The highest BCUT2D eigenvalue weighted by Gasteiger charge is 2.02. The van der Waals surface area contributed by atoms with E-state index in [1.165, 1.54) is 0 Å². The lowest BCUT2D eigenvalue weighted by Gasteiger charge is -2.07. The van der Waals surface area contributed by atoms with Crippen LogP contribution < -0.4 is 16.4 Å². The molecule has 0 atom stereocenters. The van der Waals surface area contributed by atoms with Crippen molar-refractivity contribution in [2.75, 3.05) is 6.54 Å². The van der Waals surface area contributed by atoms with Crippen molar-refractivity contribution in [1.29, 1.82) is 0 Å². The first kappa shape index (κ1) is 9.74. The van der Waals surface area contributed by atoms with Gasteiger partial charge in [-0.2, -0.15) is 0 Å². The number of amides is 3. The molecular weight excluding hydrogens is 146 g/mol. The van der Waals surface area contributed by atoms with Crippen molar-refractivity contribution in [2.45, 2.75) is 19.9 Å². The van der Waals surface area contributed by atoms with Crippen LogP contribution in [0.15, 0.2) is 0 Å². The SMILES string of the molecule is CC(C)NC(=O)CNC(N)=O. The number of rotatable bonds is 3. The fraction of sp³-hybridized carbons (Fsp3) is 0.667. The Balaban J connectivity index is 3.45. The Morgan fingerprint density at radius 2 is 2.00 bits per heavy atom. The van der Waals surface area contributed by atoms with E-state index in [1.807, 2.05) is 13.8 Å². The van der Waals surface area contributed by atoms with Crippen molar-refractivity contribution in [3.8, 4) is 0 Å². The number of hydrogen-bond acceptors (Lipinski definition) is 2. The molecule has 0 radical (unpaired) electrons. The van der Waals surface area contributed by atoms with Crippen molar-refractivity contribution in [3.05, 3.63) is 0 Å². The molecule has 5 nitrogen and oxygen atoms in total. The molecule has 11 heavy (non-hydrogen) atoms. The standard InChI is InChI=1S/C6H13N3O2/c1-4(2)9-5(10)3-8-6(7)11/h4H,3H2,1-2H3,(H,9,10)(H3,7,8,11). The molecule has 3 amide bonds. The fourth-order valence-electron chi connectivity index (χ4n) is 0.540. The first-order chi connectivity index (χ1) is 5.02. The highest BCUT2D eigenvalue weighted by atomic mass is 16.2. The maximum atomic E-state index is 10.8. The predicted molar refractivity (Wildman–Crippen MR) is 40.9 cm³/mol. The number of primary amides is 1. The van der Waals surface area contributed by atoms with Gasteiger partial charge in [-0.3, -0.25) is 4.79 Å². The lowest BCUT2D eigenvalue weighted by atomic mass is 10.4. The molecule has 0 saturated heterocycles. The number of urea groups is 1. The molecule has 0 aromatic carbocycles. The van der Waals surface area contributed by atoms with Crippen LogP contribution in [0.25, 0.3) is 0 Å². The molecule has 0 bridgehead atoms. The number of carbonyl (C=O) groups excluding carboxylic acids is 2. The molecule has 0 unspecified atom stereocenters. The van der Waals surface area contributed by atoms with Gasteiger partial charge in [-0.25, -0.2) is 4.79 Å². The van der Waals surface area contributed by atoms with Gasteiger partial charge in [-0.15, -0.1) is 0 Å². The van der Waals surface area contributed by atoms with E-state index in [0.29, 0.717) is 0 Å². The van der Waals surface area contributed by atoms with E-state index < -0.39 is 6.03 Å². The van der Waals surface area contributed by atoms with Crippen LogP contribution in [-0.2, 0) is 4.79 Å². The molecule has 64 valence electrons. The van der Waals surface area contributed by atoms with Crippen molar-refractivity contribution in [2.24, 2.45) is 5.73 Å². The van der Waals surface area contributed by atoms with Gasteiger partial charge in [0.05, 0.1) is 6.54 Å². The Morgan fingerprint density at radius 1 is 1.45 bits per heavy atom.